The second-order valence-electron chi connectivity index (χ2n) is 2.95. The van der Waals surface area contributed by atoms with Crippen LogP contribution in [0.1, 0.15) is 6.92 Å². The van der Waals surface area contributed by atoms with Gasteiger partial charge >= 0.3 is 6.09 Å². The number of nitrogens with zero attached hydrogens (tertiary/aromatic N) is 2. The van der Waals surface area contributed by atoms with Crippen LogP contribution < -0.4 is 5.32 Å². The molecule has 0 atom stereocenters. The fourth-order valence-electron chi connectivity index (χ4n) is 1.00. The number of hydrogen-bond acceptors (Lipinski definition) is 6. The van der Waals surface area contributed by atoms with Crippen molar-refractivity contribution in [2.45, 2.75) is 6.92 Å². The van der Waals surface area contributed by atoms with Gasteiger partial charge in [0.1, 0.15) is 6.29 Å². The van der Waals surface area contributed by atoms with Gasteiger partial charge in [-0.3, -0.25) is 10.3 Å². The zero-order valence-electron chi connectivity index (χ0n) is 9.83. The first-order chi connectivity index (χ1) is 8.76. The molecule has 0 aromatic carbocycles. The number of amides is 1. The van der Waals surface area contributed by atoms with Crippen molar-refractivity contribution in [2.75, 3.05) is 12.4 Å². The highest BCUT2D eigenvalue weighted by atomic mass is 32.2. The normalized spacial score (nSPS) is 10.8. The minimum Gasteiger partial charge on any atom is -0.450 e. The summed E-state index contributed by atoms with van der Waals surface area (Å²) in [5.74, 6) is 0.200. The number of aliphatic imine (C=N–C) groups is 1. The van der Waals surface area contributed by atoms with E-state index < -0.39 is 6.09 Å². The smallest absolute Gasteiger partial charge is 0.413 e. The summed E-state index contributed by atoms with van der Waals surface area (Å²) in [4.78, 5) is 29.7. The third-order valence-electron chi connectivity index (χ3n) is 1.65. The molecule has 6 nitrogen and oxygen atoms in total. The highest BCUT2D eigenvalue weighted by Crippen LogP contribution is 2.12. The molecule has 96 valence electrons. The summed E-state index contributed by atoms with van der Waals surface area (Å²) < 4.78 is 4.74. The van der Waals surface area contributed by atoms with Gasteiger partial charge in [-0.2, -0.15) is 0 Å². The van der Waals surface area contributed by atoms with Crippen LogP contribution in [-0.2, 0) is 9.53 Å². The lowest BCUT2D eigenvalue weighted by Crippen LogP contribution is -2.29. The van der Waals surface area contributed by atoms with Gasteiger partial charge in [0.15, 0.2) is 5.17 Å². The fraction of sp³-hybridized carbons (Fsp3) is 0.273. The molecule has 7 heteroatoms. The van der Waals surface area contributed by atoms with Gasteiger partial charge in [0, 0.05) is 6.20 Å². The maximum atomic E-state index is 11.3. The average molecular weight is 267 g/mol. The molecule has 0 unspecified atom stereocenters. The lowest BCUT2D eigenvalue weighted by molar-refractivity contribution is -0.105. The molecule has 0 fully saturated rings. The van der Waals surface area contributed by atoms with Crippen LogP contribution in [0, 0.1) is 0 Å². The molecule has 1 heterocycles. The second kappa shape index (κ2) is 8.24. The topological polar surface area (TPSA) is 80.7 Å². The van der Waals surface area contributed by atoms with Gasteiger partial charge in [0.05, 0.1) is 24.2 Å². The standard InChI is InChI=1S/C11H13N3O3S/c1-2-17-11(16)14-10(18-7-6-15)13-9-4-3-5-12-8-9/h3-6,8H,2,7H2,1H3,(H,13,14,16). The molecule has 0 aliphatic heterocycles. The number of pyridine rings is 1. The number of carbonyl (C=O) groups excluding carboxylic acids is 2. The largest absolute Gasteiger partial charge is 0.450 e. The Morgan fingerprint density at radius 1 is 1.67 bits per heavy atom. The van der Waals surface area contributed by atoms with Crippen molar-refractivity contribution in [3.8, 4) is 0 Å². The molecule has 0 bridgehead atoms. The number of thioether (sulfide) groups is 1. The molecule has 1 amide bonds. The van der Waals surface area contributed by atoms with E-state index >= 15 is 0 Å². The van der Waals surface area contributed by atoms with Crippen LogP contribution in [0.3, 0.4) is 0 Å². The summed E-state index contributed by atoms with van der Waals surface area (Å²) in [5.41, 5.74) is 0.586. The molecule has 0 radical (unpaired) electrons. The number of amidine groups is 1. The summed E-state index contributed by atoms with van der Waals surface area (Å²) >= 11 is 1.11. The Bertz CT molecular complexity index is 423. The Balaban J connectivity index is 2.74. The van der Waals surface area contributed by atoms with E-state index in [-0.39, 0.29) is 12.4 Å². The van der Waals surface area contributed by atoms with Crippen LogP contribution in [0.5, 0.6) is 0 Å². The molecule has 18 heavy (non-hydrogen) atoms. The van der Waals surface area contributed by atoms with E-state index in [1.807, 2.05) is 0 Å². The van der Waals surface area contributed by atoms with Gasteiger partial charge in [-0.1, -0.05) is 11.8 Å². The maximum absolute atomic E-state index is 11.3. The third kappa shape index (κ3) is 5.44. The summed E-state index contributed by atoms with van der Waals surface area (Å²) in [6.07, 6.45) is 3.30. The minimum absolute atomic E-state index is 0.200. The first kappa shape index (κ1) is 14.2. The molecular weight excluding hydrogens is 254 g/mol. The van der Waals surface area contributed by atoms with Crippen LogP contribution in [0.15, 0.2) is 29.5 Å². The number of ether oxygens (including phenoxy) is 1. The lowest BCUT2D eigenvalue weighted by Gasteiger charge is -2.06. The van der Waals surface area contributed by atoms with Crippen LogP contribution in [-0.4, -0.2) is 34.9 Å². The van der Waals surface area contributed by atoms with Crippen LogP contribution in [0.2, 0.25) is 0 Å². The van der Waals surface area contributed by atoms with E-state index in [4.69, 9.17) is 4.74 Å². The summed E-state index contributed by atoms with van der Waals surface area (Å²) in [5, 5.41) is 2.77. The van der Waals surface area contributed by atoms with E-state index in [2.05, 4.69) is 15.3 Å². The molecule has 1 rings (SSSR count). The number of hydrogen-bond donors (Lipinski definition) is 1. The van der Waals surface area contributed by atoms with Crippen molar-refractivity contribution in [1.29, 1.82) is 0 Å². The summed E-state index contributed by atoms with van der Waals surface area (Å²) in [7, 11) is 0. The Hall–Kier alpha value is -1.89. The molecule has 1 aromatic rings. The van der Waals surface area contributed by atoms with Gasteiger partial charge in [0.25, 0.3) is 0 Å². The number of aldehydes is 1. The van der Waals surface area contributed by atoms with E-state index in [0.717, 1.165) is 18.0 Å². The van der Waals surface area contributed by atoms with Crippen LogP contribution in [0.25, 0.3) is 0 Å². The monoisotopic (exact) mass is 267 g/mol. The van der Waals surface area contributed by atoms with E-state index in [1.165, 1.54) is 0 Å². The predicted molar refractivity (Wildman–Crippen MR) is 70.0 cm³/mol. The zero-order valence-corrected chi connectivity index (χ0v) is 10.6. The van der Waals surface area contributed by atoms with Gasteiger partial charge in [0.2, 0.25) is 0 Å². The Labute approximate surface area is 109 Å². The summed E-state index contributed by atoms with van der Waals surface area (Å²) in [6, 6.07) is 3.46. The van der Waals surface area contributed by atoms with Gasteiger partial charge in [-0.25, -0.2) is 9.79 Å². The lowest BCUT2D eigenvalue weighted by atomic mass is 10.4. The predicted octanol–water partition coefficient (Wildman–Crippen LogP) is 1.75. The first-order valence-electron chi connectivity index (χ1n) is 5.25. The highest BCUT2D eigenvalue weighted by molar-refractivity contribution is 8.14. The zero-order chi connectivity index (χ0) is 13.2. The van der Waals surface area contributed by atoms with Crippen molar-refractivity contribution in [3.05, 3.63) is 24.5 Å². The minimum atomic E-state index is -0.599. The molecule has 0 spiro atoms. The molecule has 1 aromatic heterocycles. The van der Waals surface area contributed by atoms with E-state index in [9.17, 15) is 9.59 Å². The first-order valence-corrected chi connectivity index (χ1v) is 6.23. The van der Waals surface area contributed by atoms with Gasteiger partial charge in [-0.15, -0.1) is 0 Å². The average Bonchev–Trinajstić information content (AvgIpc) is 2.37. The quantitative estimate of drug-likeness (QED) is 0.510. The molecule has 0 aliphatic rings. The molecule has 0 saturated heterocycles. The summed E-state index contributed by atoms with van der Waals surface area (Å²) in [6.45, 7) is 1.97. The number of aromatic nitrogens is 1. The molecular formula is C11H13N3O3S. The van der Waals surface area contributed by atoms with E-state index in [0.29, 0.717) is 10.9 Å². The number of nitrogens with one attached hydrogen (secondary N) is 1. The van der Waals surface area contributed by atoms with Crippen molar-refractivity contribution < 1.29 is 14.3 Å². The van der Waals surface area contributed by atoms with Crippen LogP contribution in [0.4, 0.5) is 10.5 Å². The number of rotatable bonds is 4. The molecule has 0 aliphatic carbocycles. The maximum Gasteiger partial charge on any atom is 0.413 e. The van der Waals surface area contributed by atoms with Crippen molar-refractivity contribution in [1.82, 2.24) is 10.3 Å². The Morgan fingerprint density at radius 3 is 3.11 bits per heavy atom. The van der Waals surface area contributed by atoms with Crippen LogP contribution >= 0.6 is 11.8 Å². The van der Waals surface area contributed by atoms with Crippen molar-refractivity contribution in [2.24, 2.45) is 4.99 Å². The number of carbonyl (C=O) groups is 2. The van der Waals surface area contributed by atoms with Crippen molar-refractivity contribution in [3.63, 3.8) is 0 Å². The highest BCUT2D eigenvalue weighted by Gasteiger charge is 2.07. The third-order valence-corrected chi connectivity index (χ3v) is 2.42. The molecule has 0 saturated carbocycles. The number of alkyl carbamates (subject to hydrolysis) is 1. The van der Waals surface area contributed by atoms with Gasteiger partial charge < -0.3 is 9.53 Å². The molecule has 1 N–H and O–H groups in total. The SMILES string of the molecule is CCOC(=O)NC(=Nc1cccnc1)SCC=O. The van der Waals surface area contributed by atoms with Crippen molar-refractivity contribution >= 4 is 35.0 Å². The Kier molecular flexibility index (Phi) is 6.49. The fourth-order valence-corrected chi connectivity index (χ4v) is 1.55. The van der Waals surface area contributed by atoms with Gasteiger partial charge in [-0.05, 0) is 19.1 Å². The second-order valence-corrected chi connectivity index (χ2v) is 3.96. The Morgan fingerprint density at radius 2 is 2.50 bits per heavy atom. The van der Waals surface area contributed by atoms with E-state index in [1.54, 1.807) is 31.5 Å².